The number of hydrogen-bond acceptors (Lipinski definition) is 0. The summed E-state index contributed by atoms with van der Waals surface area (Å²) >= 11 is 0. The maximum Gasteiger partial charge on any atom is 0.0212 e. The molecule has 0 bridgehead atoms. The van der Waals surface area contributed by atoms with Crippen LogP contribution in [0.5, 0.6) is 0 Å². The molecule has 4 atom stereocenters. The van der Waals surface area contributed by atoms with Gasteiger partial charge in [0, 0.05) is 23.7 Å². The van der Waals surface area contributed by atoms with Gasteiger partial charge < -0.3 is 0 Å². The average molecular weight is 1030 g/mol. The van der Waals surface area contributed by atoms with Gasteiger partial charge in [0.05, 0.1) is 0 Å². The van der Waals surface area contributed by atoms with Gasteiger partial charge >= 0.3 is 0 Å². The molecule has 1 saturated carbocycles. The topological polar surface area (TPSA) is 0 Å². The second-order valence-corrected chi connectivity index (χ2v) is 29.0. The zero-order chi connectivity index (χ0) is 54.8. The summed E-state index contributed by atoms with van der Waals surface area (Å²) in [6.07, 6.45) is 27.6. The Bertz CT molecular complexity index is 4330. The Labute approximate surface area is 474 Å². The summed E-state index contributed by atoms with van der Waals surface area (Å²) in [6, 6.07) is 43.5. The van der Waals surface area contributed by atoms with E-state index in [9.17, 15) is 0 Å². The molecule has 0 heteroatoms. The van der Waals surface area contributed by atoms with Crippen LogP contribution in [0.2, 0.25) is 0 Å². The molecule has 0 spiro atoms. The smallest absolute Gasteiger partial charge is 0.0212 e. The molecule has 9 aliphatic rings. The van der Waals surface area contributed by atoms with E-state index in [4.69, 9.17) is 0 Å². The Hall–Kier alpha value is -7.54. The van der Waals surface area contributed by atoms with E-state index in [2.05, 4.69) is 253 Å². The molecule has 7 aromatic rings. The third-order valence-corrected chi connectivity index (χ3v) is 20.2. The van der Waals surface area contributed by atoms with Gasteiger partial charge in [0.15, 0.2) is 0 Å². The maximum atomic E-state index is 2.70. The van der Waals surface area contributed by atoms with Crippen LogP contribution in [0.15, 0.2) is 192 Å². The van der Waals surface area contributed by atoms with Gasteiger partial charge in [-0.15, -0.1) is 0 Å². The third-order valence-electron chi connectivity index (χ3n) is 20.2. The highest BCUT2D eigenvalue weighted by molar-refractivity contribution is 6.30. The van der Waals surface area contributed by atoms with Crippen molar-refractivity contribution in [3.05, 3.63) is 248 Å². The molecular formula is C80H72. The molecule has 0 aliphatic heterocycles. The summed E-state index contributed by atoms with van der Waals surface area (Å²) in [4.78, 5) is 0. The molecule has 0 heterocycles. The predicted octanol–water partition coefficient (Wildman–Crippen LogP) is 21.3. The van der Waals surface area contributed by atoms with Gasteiger partial charge in [-0.05, 0) is 213 Å². The summed E-state index contributed by atoms with van der Waals surface area (Å²) in [6.45, 7) is 28.8. The van der Waals surface area contributed by atoms with E-state index in [1.807, 2.05) is 0 Å². The minimum absolute atomic E-state index is 0.0554. The first kappa shape index (κ1) is 48.4. The molecule has 0 nitrogen and oxygen atoms in total. The molecule has 0 amide bonds. The van der Waals surface area contributed by atoms with Crippen LogP contribution in [0.25, 0.3) is 88.4 Å². The fourth-order valence-electron chi connectivity index (χ4n) is 16.2. The lowest BCUT2D eigenvalue weighted by atomic mass is 9.54. The van der Waals surface area contributed by atoms with Gasteiger partial charge in [-0.3, -0.25) is 0 Å². The Kier molecular flexibility index (Phi) is 9.73. The van der Waals surface area contributed by atoms with Gasteiger partial charge in [0.2, 0.25) is 0 Å². The summed E-state index contributed by atoms with van der Waals surface area (Å²) in [5, 5.41) is 5.60. The molecule has 0 saturated heterocycles. The molecule has 7 aromatic carbocycles. The Morgan fingerprint density at radius 3 is 1.38 bits per heavy atom. The summed E-state index contributed by atoms with van der Waals surface area (Å²) < 4.78 is 0. The quantitative estimate of drug-likeness (QED) is 0.155. The van der Waals surface area contributed by atoms with E-state index < -0.39 is 0 Å². The van der Waals surface area contributed by atoms with Crippen molar-refractivity contribution in [3.8, 4) is 33.4 Å². The normalized spacial score (nSPS) is 21.6. The molecule has 0 aromatic heterocycles. The van der Waals surface area contributed by atoms with Crippen LogP contribution >= 0.6 is 0 Å². The third kappa shape index (κ3) is 6.63. The van der Waals surface area contributed by atoms with E-state index in [0.717, 1.165) is 12.8 Å². The molecule has 9 aliphatic carbocycles. The minimum atomic E-state index is -0.0586. The van der Waals surface area contributed by atoms with Gasteiger partial charge in [0.25, 0.3) is 0 Å². The van der Waals surface area contributed by atoms with Gasteiger partial charge in [-0.25, -0.2) is 0 Å². The standard InChI is InChI=1S/C80H72/c1-77(2,3)47-35-45(36-48(40-47)78(4,5)6)67-66-42-65-52-22-17-16-21-51(52)54-23-18-24-61(69(54)65)74(66)68(46-37-49(79(7,8)9)41-50(38-46)80(10,11)12)76-63-34-32-59-57-29-30-60-64-39-44(43-19-14-13-15-20-43)25-26-53(64)55-27-28-56(71(57)70(55)60)58-31-33-62(75(67)76)73(63)72(58)59/h13-16,18-21,23-42,70-73H,17,22H2,1-12H3. The molecule has 392 valence electrons. The van der Waals surface area contributed by atoms with Crippen LogP contribution in [-0.2, 0) is 21.7 Å². The first-order valence-electron chi connectivity index (χ1n) is 29.9. The monoisotopic (exact) mass is 1030 g/mol. The van der Waals surface area contributed by atoms with E-state index in [-0.39, 0.29) is 39.4 Å². The van der Waals surface area contributed by atoms with Crippen molar-refractivity contribution in [2.45, 2.75) is 118 Å². The summed E-state index contributed by atoms with van der Waals surface area (Å²) in [5.41, 5.74) is 36.8. The lowest BCUT2D eigenvalue weighted by Crippen LogP contribution is -2.37. The maximum absolute atomic E-state index is 2.70. The van der Waals surface area contributed by atoms with Crippen LogP contribution in [0.1, 0.15) is 152 Å². The van der Waals surface area contributed by atoms with Crippen LogP contribution in [0, 0.1) is 23.7 Å². The van der Waals surface area contributed by atoms with Crippen molar-refractivity contribution in [3.63, 3.8) is 0 Å². The van der Waals surface area contributed by atoms with Gasteiger partial charge in [-0.2, -0.15) is 0 Å². The largest absolute Gasteiger partial charge is 0.0836 e. The SMILES string of the molecule is CC(C)(C)c1cc(-c2c3c(c(-c4cc(C(C)(C)C)cc(C(C)(C)C)c4)c4c2cc2c5c(cccc54)C4=C2CCC=C4)C2=CC=C4C5=CC=C6c7cc(-c8ccccc8)ccc7C7=CC=C(C8=CC=C3C2C84)C5C76)cc(C(C)(C)C)c1. The van der Waals surface area contributed by atoms with Crippen LogP contribution in [0.4, 0.5) is 0 Å². The second kappa shape index (κ2) is 16.1. The van der Waals surface area contributed by atoms with Crippen molar-refractivity contribution < 1.29 is 0 Å². The fraction of sp³-hybridized carbons (Fsp3) is 0.275. The number of fused-ring (bicyclic) bond motifs is 12. The second-order valence-electron chi connectivity index (χ2n) is 29.0. The highest BCUT2D eigenvalue weighted by Gasteiger charge is 2.55. The Morgan fingerprint density at radius 1 is 0.325 bits per heavy atom. The number of rotatable bonds is 3. The molecule has 4 unspecified atom stereocenters. The predicted molar refractivity (Wildman–Crippen MR) is 342 cm³/mol. The zero-order valence-electron chi connectivity index (χ0n) is 48.9. The summed E-state index contributed by atoms with van der Waals surface area (Å²) in [7, 11) is 0. The van der Waals surface area contributed by atoms with E-state index in [0.29, 0.717) is 5.92 Å². The summed E-state index contributed by atoms with van der Waals surface area (Å²) in [5.74, 6) is 0.956. The van der Waals surface area contributed by atoms with Crippen molar-refractivity contribution >= 4 is 55.0 Å². The lowest BCUT2D eigenvalue weighted by Gasteiger charge is -2.48. The highest BCUT2D eigenvalue weighted by atomic mass is 14.6. The number of benzene rings is 7. The molecule has 1 fully saturated rings. The van der Waals surface area contributed by atoms with E-state index in [1.54, 1.807) is 0 Å². The molecule has 0 radical (unpaired) electrons. The molecular weight excluding hydrogens is 961 g/mol. The van der Waals surface area contributed by atoms with Crippen molar-refractivity contribution in [2.24, 2.45) is 23.7 Å². The molecule has 80 heavy (non-hydrogen) atoms. The number of allylic oxidation sites excluding steroid dienone is 20. The first-order valence-corrected chi connectivity index (χ1v) is 29.9. The van der Waals surface area contributed by atoms with Gasteiger partial charge in [-0.1, -0.05) is 241 Å². The van der Waals surface area contributed by atoms with E-state index in [1.165, 1.54) is 166 Å². The number of hydrogen-bond donors (Lipinski definition) is 0. The zero-order valence-corrected chi connectivity index (χ0v) is 48.9. The van der Waals surface area contributed by atoms with E-state index >= 15 is 0 Å². The average Bonchev–Trinajstić information content (AvgIpc) is 2.07. The van der Waals surface area contributed by atoms with Crippen LogP contribution in [0.3, 0.4) is 0 Å². The van der Waals surface area contributed by atoms with Crippen molar-refractivity contribution in [2.75, 3.05) is 0 Å². The Balaban J connectivity index is 1.03. The van der Waals surface area contributed by atoms with Crippen molar-refractivity contribution in [1.82, 2.24) is 0 Å². The highest BCUT2D eigenvalue weighted by Crippen LogP contribution is 2.69. The van der Waals surface area contributed by atoms with Crippen molar-refractivity contribution in [1.29, 1.82) is 0 Å². The first-order chi connectivity index (χ1) is 38.2. The minimum Gasteiger partial charge on any atom is -0.0836 e. The fourth-order valence-corrected chi connectivity index (χ4v) is 16.2. The molecule has 16 rings (SSSR count). The van der Waals surface area contributed by atoms with Crippen LogP contribution in [-0.4, -0.2) is 0 Å². The lowest BCUT2D eigenvalue weighted by molar-refractivity contribution is 0.525. The molecule has 0 N–H and O–H groups in total. The van der Waals surface area contributed by atoms with Gasteiger partial charge in [0.1, 0.15) is 0 Å². The van der Waals surface area contributed by atoms with Crippen LogP contribution < -0.4 is 0 Å². The Morgan fingerprint density at radius 2 is 0.812 bits per heavy atom.